The highest BCUT2D eigenvalue weighted by molar-refractivity contribution is 9.10. The smallest absolute Gasteiger partial charge is 0.153 e. The minimum atomic E-state index is -0.486. The average molecular weight is 379 g/mol. The van der Waals surface area contributed by atoms with Gasteiger partial charge < -0.3 is 10.5 Å². The number of halogens is 4. The molecule has 0 amide bonds. The molecule has 0 bridgehead atoms. The molecule has 2 nitrogen and oxygen atoms in total. The SMILES string of the molecule is Nc1cc(Br)c(F)cc1Oc1ccc(F)c(Br)c1. The molecule has 2 aromatic rings. The Morgan fingerprint density at radius 3 is 2.28 bits per heavy atom. The van der Waals surface area contributed by atoms with Gasteiger partial charge in [-0.2, -0.15) is 0 Å². The molecule has 0 aliphatic rings. The molecule has 0 fully saturated rings. The molecule has 18 heavy (non-hydrogen) atoms. The summed E-state index contributed by atoms with van der Waals surface area (Å²) in [5.41, 5.74) is 5.98. The van der Waals surface area contributed by atoms with Crippen molar-refractivity contribution in [3.05, 3.63) is 50.9 Å². The van der Waals surface area contributed by atoms with Crippen LogP contribution in [-0.4, -0.2) is 0 Å². The van der Waals surface area contributed by atoms with Gasteiger partial charge >= 0.3 is 0 Å². The molecule has 0 radical (unpaired) electrons. The topological polar surface area (TPSA) is 35.2 Å². The lowest BCUT2D eigenvalue weighted by Crippen LogP contribution is -1.94. The van der Waals surface area contributed by atoms with E-state index in [1.165, 1.54) is 24.3 Å². The summed E-state index contributed by atoms with van der Waals surface area (Å²) in [6, 6.07) is 6.68. The maximum Gasteiger partial charge on any atom is 0.153 e. The van der Waals surface area contributed by atoms with Crippen molar-refractivity contribution in [3.63, 3.8) is 0 Å². The Bertz CT molecular complexity index is 605. The number of anilines is 1. The van der Waals surface area contributed by atoms with E-state index < -0.39 is 11.6 Å². The summed E-state index contributed by atoms with van der Waals surface area (Å²) in [6.07, 6.45) is 0. The van der Waals surface area contributed by atoms with Crippen molar-refractivity contribution in [1.29, 1.82) is 0 Å². The van der Waals surface area contributed by atoms with Crippen LogP contribution in [0.5, 0.6) is 11.5 Å². The van der Waals surface area contributed by atoms with Gasteiger partial charge in [-0.3, -0.25) is 0 Å². The van der Waals surface area contributed by atoms with Gasteiger partial charge in [0.25, 0.3) is 0 Å². The first-order valence-corrected chi connectivity index (χ1v) is 6.43. The Balaban J connectivity index is 2.34. The predicted molar refractivity (Wildman–Crippen MR) is 72.7 cm³/mol. The number of rotatable bonds is 2. The van der Waals surface area contributed by atoms with Crippen LogP contribution in [0.2, 0.25) is 0 Å². The Morgan fingerprint density at radius 2 is 1.61 bits per heavy atom. The zero-order chi connectivity index (χ0) is 13.3. The monoisotopic (exact) mass is 377 g/mol. The van der Waals surface area contributed by atoms with Gasteiger partial charge in [0, 0.05) is 6.07 Å². The van der Waals surface area contributed by atoms with Crippen LogP contribution in [0.4, 0.5) is 14.5 Å². The molecule has 0 heterocycles. The van der Waals surface area contributed by atoms with Crippen LogP contribution in [0, 0.1) is 11.6 Å². The largest absolute Gasteiger partial charge is 0.455 e. The van der Waals surface area contributed by atoms with E-state index in [0.717, 1.165) is 6.07 Å². The maximum atomic E-state index is 13.4. The van der Waals surface area contributed by atoms with E-state index in [1.807, 2.05) is 0 Å². The van der Waals surface area contributed by atoms with Crippen LogP contribution in [0.1, 0.15) is 0 Å². The number of benzene rings is 2. The molecular formula is C12H7Br2F2NO. The third-order valence-corrected chi connectivity index (χ3v) is 3.39. The van der Waals surface area contributed by atoms with Crippen LogP contribution in [0.3, 0.4) is 0 Å². The second-order valence-corrected chi connectivity index (χ2v) is 5.19. The number of hydrogen-bond acceptors (Lipinski definition) is 2. The van der Waals surface area contributed by atoms with Crippen LogP contribution in [0.15, 0.2) is 39.3 Å². The van der Waals surface area contributed by atoms with Crippen molar-refractivity contribution < 1.29 is 13.5 Å². The summed E-state index contributed by atoms with van der Waals surface area (Å²) in [6.45, 7) is 0. The first-order valence-electron chi connectivity index (χ1n) is 4.85. The van der Waals surface area contributed by atoms with E-state index >= 15 is 0 Å². The summed E-state index contributed by atoms with van der Waals surface area (Å²) < 4.78 is 32.3. The number of nitrogen functional groups attached to an aromatic ring is 1. The molecule has 2 aromatic carbocycles. The zero-order valence-electron chi connectivity index (χ0n) is 8.88. The number of hydrogen-bond donors (Lipinski definition) is 1. The fraction of sp³-hybridized carbons (Fsp3) is 0. The third kappa shape index (κ3) is 2.81. The molecule has 0 aromatic heterocycles. The van der Waals surface area contributed by atoms with Crippen LogP contribution in [-0.2, 0) is 0 Å². The van der Waals surface area contributed by atoms with E-state index in [2.05, 4.69) is 31.9 Å². The maximum absolute atomic E-state index is 13.4. The standard InChI is InChI=1S/C12H7Br2F2NO/c13-7-3-6(1-2-9(7)15)18-12-5-10(16)8(14)4-11(12)17/h1-5H,17H2. The summed E-state index contributed by atoms with van der Waals surface area (Å²) in [5, 5.41) is 0. The van der Waals surface area contributed by atoms with Gasteiger partial charge in [-0.25, -0.2) is 8.78 Å². The minimum absolute atomic E-state index is 0.175. The minimum Gasteiger partial charge on any atom is -0.455 e. The molecule has 0 aliphatic carbocycles. The Labute approximate surface area is 119 Å². The molecule has 0 saturated heterocycles. The quantitative estimate of drug-likeness (QED) is 0.757. The highest BCUT2D eigenvalue weighted by Crippen LogP contribution is 2.33. The van der Waals surface area contributed by atoms with Gasteiger partial charge in [0.05, 0.1) is 14.6 Å². The number of nitrogens with two attached hydrogens (primary N) is 1. The van der Waals surface area contributed by atoms with Crippen molar-refractivity contribution >= 4 is 37.5 Å². The lowest BCUT2D eigenvalue weighted by Gasteiger charge is -2.09. The van der Waals surface area contributed by atoms with E-state index in [-0.39, 0.29) is 20.4 Å². The molecule has 2 N–H and O–H groups in total. The highest BCUT2D eigenvalue weighted by Gasteiger charge is 2.09. The fourth-order valence-corrected chi connectivity index (χ4v) is 2.02. The van der Waals surface area contributed by atoms with Crippen molar-refractivity contribution in [2.75, 3.05) is 5.73 Å². The normalized spacial score (nSPS) is 10.4. The molecule has 6 heteroatoms. The Kier molecular flexibility index (Phi) is 3.87. The van der Waals surface area contributed by atoms with Gasteiger partial charge in [0.1, 0.15) is 17.4 Å². The van der Waals surface area contributed by atoms with Crippen LogP contribution in [0.25, 0.3) is 0 Å². The van der Waals surface area contributed by atoms with Gasteiger partial charge in [0.2, 0.25) is 0 Å². The van der Waals surface area contributed by atoms with Crippen LogP contribution < -0.4 is 10.5 Å². The van der Waals surface area contributed by atoms with Gasteiger partial charge in [0.15, 0.2) is 5.75 Å². The Hall–Kier alpha value is -1.14. The summed E-state index contributed by atoms with van der Waals surface area (Å²) in [5.74, 6) is -0.358. The lowest BCUT2D eigenvalue weighted by atomic mass is 10.3. The molecule has 0 atom stereocenters. The first-order chi connectivity index (χ1) is 8.47. The predicted octanol–water partition coefficient (Wildman–Crippen LogP) is 4.86. The van der Waals surface area contributed by atoms with Crippen molar-refractivity contribution in [2.24, 2.45) is 0 Å². The first kappa shape index (κ1) is 13.3. The molecule has 94 valence electrons. The van der Waals surface area contributed by atoms with Crippen LogP contribution >= 0.6 is 31.9 Å². The second-order valence-electron chi connectivity index (χ2n) is 3.48. The Morgan fingerprint density at radius 1 is 0.944 bits per heavy atom. The van der Waals surface area contributed by atoms with Crippen molar-refractivity contribution in [3.8, 4) is 11.5 Å². The number of ether oxygens (including phenoxy) is 1. The van der Waals surface area contributed by atoms with Crippen molar-refractivity contribution in [1.82, 2.24) is 0 Å². The summed E-state index contributed by atoms with van der Waals surface area (Å²) >= 11 is 6.06. The molecule has 0 unspecified atom stereocenters. The van der Waals surface area contributed by atoms with E-state index in [0.29, 0.717) is 5.75 Å². The van der Waals surface area contributed by atoms with E-state index in [1.54, 1.807) is 0 Å². The molecule has 0 aliphatic heterocycles. The van der Waals surface area contributed by atoms with E-state index in [9.17, 15) is 8.78 Å². The van der Waals surface area contributed by atoms with Gasteiger partial charge in [-0.1, -0.05) is 0 Å². The summed E-state index contributed by atoms with van der Waals surface area (Å²) in [7, 11) is 0. The second kappa shape index (κ2) is 5.24. The molecular weight excluding hydrogens is 372 g/mol. The molecule has 2 rings (SSSR count). The van der Waals surface area contributed by atoms with Gasteiger partial charge in [-0.15, -0.1) is 0 Å². The molecule has 0 saturated carbocycles. The fourth-order valence-electron chi connectivity index (χ4n) is 1.30. The highest BCUT2D eigenvalue weighted by atomic mass is 79.9. The van der Waals surface area contributed by atoms with Gasteiger partial charge in [-0.05, 0) is 56.1 Å². The average Bonchev–Trinajstić information content (AvgIpc) is 2.31. The molecule has 0 spiro atoms. The van der Waals surface area contributed by atoms with E-state index in [4.69, 9.17) is 10.5 Å². The van der Waals surface area contributed by atoms with Crippen molar-refractivity contribution in [2.45, 2.75) is 0 Å². The zero-order valence-corrected chi connectivity index (χ0v) is 12.1. The lowest BCUT2D eigenvalue weighted by molar-refractivity contribution is 0.476. The summed E-state index contributed by atoms with van der Waals surface area (Å²) in [4.78, 5) is 0. The third-order valence-electron chi connectivity index (χ3n) is 2.17.